The van der Waals surface area contributed by atoms with Crippen molar-refractivity contribution in [3.63, 3.8) is 0 Å². The zero-order chi connectivity index (χ0) is 12.4. The first-order chi connectivity index (χ1) is 8.11. The van der Waals surface area contributed by atoms with Gasteiger partial charge in [0.2, 0.25) is 0 Å². The molecule has 2 rings (SSSR count). The van der Waals surface area contributed by atoms with Gasteiger partial charge in [-0.15, -0.1) is 0 Å². The number of amides is 1. The molecule has 0 fully saturated rings. The van der Waals surface area contributed by atoms with E-state index < -0.39 is 5.91 Å². The molecule has 0 aliphatic rings. The summed E-state index contributed by atoms with van der Waals surface area (Å²) in [7, 11) is 0. The molecule has 1 aromatic heterocycles. The Labute approximate surface area is 102 Å². The number of fused-ring (bicyclic) bond motifs is 1. The number of halogens is 1. The van der Waals surface area contributed by atoms with Gasteiger partial charge in [0, 0.05) is 27.7 Å². The van der Waals surface area contributed by atoms with Crippen molar-refractivity contribution in [1.82, 2.24) is 4.98 Å². The smallest absolute Gasteiger partial charge is 0.259 e. The highest BCUT2D eigenvalue weighted by Gasteiger charge is 2.07. The number of nitrogens with zero attached hydrogens (tertiary/aromatic N) is 1. The fourth-order valence-corrected chi connectivity index (χ4v) is 1.73. The number of aromatic nitrogens is 1. The molecule has 0 aliphatic carbocycles. The van der Waals surface area contributed by atoms with E-state index in [0.717, 1.165) is 16.5 Å². The number of carbonyl (C=O) groups excluding carboxylic acids is 1. The van der Waals surface area contributed by atoms with Crippen LogP contribution in [0.5, 0.6) is 0 Å². The van der Waals surface area contributed by atoms with Gasteiger partial charge in [-0.1, -0.05) is 17.7 Å². The van der Waals surface area contributed by atoms with Crippen LogP contribution in [0.25, 0.3) is 17.0 Å². The summed E-state index contributed by atoms with van der Waals surface area (Å²) >= 11 is 5.85. The Bertz CT molecular complexity index is 664. The third-order valence-corrected chi connectivity index (χ3v) is 2.60. The maximum atomic E-state index is 10.9. The summed E-state index contributed by atoms with van der Waals surface area (Å²) in [5.41, 5.74) is 6.56. The number of benzene rings is 1. The van der Waals surface area contributed by atoms with Gasteiger partial charge in [0.05, 0.1) is 0 Å². The van der Waals surface area contributed by atoms with Crippen LogP contribution in [0.1, 0.15) is 5.56 Å². The van der Waals surface area contributed by atoms with Crippen LogP contribution in [0.2, 0.25) is 5.02 Å². The second-order valence-corrected chi connectivity index (χ2v) is 3.90. The average molecular weight is 246 g/mol. The van der Waals surface area contributed by atoms with Gasteiger partial charge in [0.1, 0.15) is 11.6 Å². The second kappa shape index (κ2) is 4.32. The van der Waals surface area contributed by atoms with Crippen molar-refractivity contribution in [3.8, 4) is 6.07 Å². The number of nitriles is 1. The summed E-state index contributed by atoms with van der Waals surface area (Å²) in [5.74, 6) is -0.740. The van der Waals surface area contributed by atoms with E-state index in [9.17, 15) is 4.79 Å². The van der Waals surface area contributed by atoms with E-state index in [0.29, 0.717) is 5.02 Å². The molecule has 0 unspecified atom stereocenters. The molecule has 4 nitrogen and oxygen atoms in total. The minimum Gasteiger partial charge on any atom is -0.365 e. The maximum absolute atomic E-state index is 10.9. The van der Waals surface area contributed by atoms with Gasteiger partial charge in [-0.2, -0.15) is 5.26 Å². The maximum Gasteiger partial charge on any atom is 0.259 e. The van der Waals surface area contributed by atoms with Crippen LogP contribution in [0.3, 0.4) is 0 Å². The standard InChI is InChI=1S/C12H8ClN3O/c13-9-1-2-10-8(6-16-11(10)4-9)3-7(5-14)12(15)17/h1-4,6,16H,(H2,15,17)/b7-3+. The number of carbonyl (C=O) groups is 1. The van der Waals surface area contributed by atoms with E-state index in [-0.39, 0.29) is 5.57 Å². The van der Waals surface area contributed by atoms with Crippen molar-refractivity contribution in [2.75, 3.05) is 0 Å². The highest BCUT2D eigenvalue weighted by atomic mass is 35.5. The van der Waals surface area contributed by atoms with E-state index in [1.165, 1.54) is 6.08 Å². The van der Waals surface area contributed by atoms with Crippen LogP contribution >= 0.6 is 11.6 Å². The van der Waals surface area contributed by atoms with Gasteiger partial charge in [-0.05, 0) is 18.2 Å². The van der Waals surface area contributed by atoms with Crippen LogP contribution in [0.4, 0.5) is 0 Å². The van der Waals surface area contributed by atoms with Crippen LogP contribution in [-0.4, -0.2) is 10.9 Å². The normalized spacial score (nSPS) is 11.4. The predicted molar refractivity (Wildman–Crippen MR) is 66.1 cm³/mol. The third-order valence-electron chi connectivity index (χ3n) is 2.36. The topological polar surface area (TPSA) is 82.7 Å². The lowest BCUT2D eigenvalue weighted by Gasteiger charge is -1.94. The predicted octanol–water partition coefficient (Wildman–Crippen LogP) is 2.21. The molecule has 0 radical (unpaired) electrons. The number of H-pyrrole nitrogens is 1. The summed E-state index contributed by atoms with van der Waals surface area (Å²) < 4.78 is 0. The molecule has 0 aliphatic heterocycles. The summed E-state index contributed by atoms with van der Waals surface area (Å²) in [6, 6.07) is 7.09. The molecule has 84 valence electrons. The Balaban J connectivity index is 2.58. The lowest BCUT2D eigenvalue weighted by atomic mass is 10.1. The monoisotopic (exact) mass is 245 g/mol. The molecule has 0 saturated carbocycles. The Kier molecular flexibility index (Phi) is 2.86. The Morgan fingerprint density at radius 2 is 2.29 bits per heavy atom. The molecule has 1 amide bonds. The highest BCUT2D eigenvalue weighted by Crippen LogP contribution is 2.23. The fraction of sp³-hybridized carbons (Fsp3) is 0. The molecule has 3 N–H and O–H groups in total. The van der Waals surface area contributed by atoms with Crippen molar-refractivity contribution < 1.29 is 4.79 Å². The van der Waals surface area contributed by atoms with E-state index >= 15 is 0 Å². The minimum absolute atomic E-state index is 0.0825. The number of primary amides is 1. The quantitative estimate of drug-likeness (QED) is 0.628. The van der Waals surface area contributed by atoms with Gasteiger partial charge in [-0.25, -0.2) is 0 Å². The zero-order valence-corrected chi connectivity index (χ0v) is 9.45. The first kappa shape index (κ1) is 11.2. The van der Waals surface area contributed by atoms with E-state index in [1.807, 2.05) is 6.07 Å². The van der Waals surface area contributed by atoms with Crippen LogP contribution in [-0.2, 0) is 4.79 Å². The molecule has 2 aromatic rings. The molecular weight excluding hydrogens is 238 g/mol. The molecule has 0 bridgehead atoms. The molecule has 0 saturated heterocycles. The van der Waals surface area contributed by atoms with Crippen molar-refractivity contribution in [2.45, 2.75) is 0 Å². The van der Waals surface area contributed by atoms with Gasteiger partial charge in [0.15, 0.2) is 0 Å². The van der Waals surface area contributed by atoms with E-state index in [1.54, 1.807) is 24.4 Å². The molecule has 0 atom stereocenters. The van der Waals surface area contributed by atoms with Crippen LogP contribution in [0, 0.1) is 11.3 Å². The zero-order valence-electron chi connectivity index (χ0n) is 8.70. The lowest BCUT2D eigenvalue weighted by Crippen LogP contribution is -2.12. The summed E-state index contributed by atoms with van der Waals surface area (Å²) in [5, 5.41) is 10.3. The largest absolute Gasteiger partial charge is 0.365 e. The van der Waals surface area contributed by atoms with Crippen molar-refractivity contribution in [3.05, 3.63) is 40.6 Å². The number of aromatic amines is 1. The van der Waals surface area contributed by atoms with Crippen LogP contribution < -0.4 is 5.73 Å². The van der Waals surface area contributed by atoms with Crippen LogP contribution in [0.15, 0.2) is 30.0 Å². The highest BCUT2D eigenvalue weighted by molar-refractivity contribution is 6.31. The number of hydrogen-bond acceptors (Lipinski definition) is 2. The van der Waals surface area contributed by atoms with Crippen molar-refractivity contribution in [2.24, 2.45) is 5.73 Å². The lowest BCUT2D eigenvalue weighted by molar-refractivity contribution is -0.114. The molecule has 17 heavy (non-hydrogen) atoms. The molecule has 1 heterocycles. The van der Waals surface area contributed by atoms with Gasteiger partial charge in [0.25, 0.3) is 5.91 Å². The number of hydrogen-bond donors (Lipinski definition) is 2. The van der Waals surface area contributed by atoms with E-state index in [4.69, 9.17) is 22.6 Å². The van der Waals surface area contributed by atoms with Crippen molar-refractivity contribution in [1.29, 1.82) is 5.26 Å². The molecular formula is C12H8ClN3O. The Hall–Kier alpha value is -2.25. The van der Waals surface area contributed by atoms with Gasteiger partial charge < -0.3 is 10.7 Å². The first-order valence-corrected chi connectivity index (χ1v) is 5.18. The fourth-order valence-electron chi connectivity index (χ4n) is 1.55. The third kappa shape index (κ3) is 2.14. The molecule has 1 aromatic carbocycles. The molecule has 0 spiro atoms. The summed E-state index contributed by atoms with van der Waals surface area (Å²) in [6.07, 6.45) is 3.15. The second-order valence-electron chi connectivity index (χ2n) is 3.47. The average Bonchev–Trinajstić information content (AvgIpc) is 2.67. The van der Waals surface area contributed by atoms with Gasteiger partial charge in [-0.3, -0.25) is 4.79 Å². The molecule has 5 heteroatoms. The minimum atomic E-state index is -0.740. The Morgan fingerprint density at radius 3 is 2.94 bits per heavy atom. The number of rotatable bonds is 2. The SMILES string of the molecule is N#C/C(=C\c1c[nH]c2cc(Cl)ccc12)C(N)=O. The number of nitrogens with two attached hydrogens (primary N) is 1. The van der Waals surface area contributed by atoms with Gasteiger partial charge >= 0.3 is 0 Å². The first-order valence-electron chi connectivity index (χ1n) is 4.80. The Morgan fingerprint density at radius 1 is 1.53 bits per heavy atom. The summed E-state index contributed by atoms with van der Waals surface area (Å²) in [6.45, 7) is 0. The summed E-state index contributed by atoms with van der Waals surface area (Å²) in [4.78, 5) is 14.0. The number of nitrogens with one attached hydrogen (secondary N) is 1. The van der Waals surface area contributed by atoms with E-state index in [2.05, 4.69) is 4.98 Å². The van der Waals surface area contributed by atoms with Crippen molar-refractivity contribution >= 4 is 34.5 Å².